The van der Waals surface area contributed by atoms with E-state index in [1.807, 2.05) is 28.8 Å². The lowest BCUT2D eigenvalue weighted by Crippen LogP contribution is -2.37. The Morgan fingerprint density at radius 2 is 1.77 bits per heavy atom. The fourth-order valence-electron chi connectivity index (χ4n) is 3.36. The highest BCUT2D eigenvalue weighted by Crippen LogP contribution is 2.21. The molecule has 2 aromatic heterocycles. The van der Waals surface area contributed by atoms with E-state index in [2.05, 4.69) is 83.2 Å². The van der Waals surface area contributed by atoms with Gasteiger partial charge in [-0.1, -0.05) is 54.1 Å². The largest absolute Gasteiger partial charge is 0.357 e. The first-order valence-electron chi connectivity index (χ1n) is 10.2. The summed E-state index contributed by atoms with van der Waals surface area (Å²) in [5, 5.41) is 15.1. The molecule has 0 radical (unpaired) electrons. The molecule has 0 fully saturated rings. The van der Waals surface area contributed by atoms with Crippen LogP contribution in [0.2, 0.25) is 0 Å². The van der Waals surface area contributed by atoms with Crippen molar-refractivity contribution in [3.05, 3.63) is 89.9 Å². The smallest absolute Gasteiger partial charge is 0.191 e. The summed E-state index contributed by atoms with van der Waals surface area (Å²) < 4.78 is 1.97. The molecule has 152 valence electrons. The van der Waals surface area contributed by atoms with E-state index in [9.17, 15) is 0 Å². The fraction of sp³-hybridized carbons (Fsp3) is 0.208. The molecule has 6 nitrogen and oxygen atoms in total. The van der Waals surface area contributed by atoms with Gasteiger partial charge in [-0.15, -0.1) is 10.2 Å². The summed E-state index contributed by atoms with van der Waals surface area (Å²) >= 11 is 0. The molecule has 30 heavy (non-hydrogen) atoms. The highest BCUT2D eigenvalue weighted by Gasteiger charge is 2.06. The number of hydrogen-bond donors (Lipinski definition) is 2. The van der Waals surface area contributed by atoms with Gasteiger partial charge in [-0.2, -0.15) is 0 Å². The van der Waals surface area contributed by atoms with Gasteiger partial charge in [0.25, 0.3) is 0 Å². The number of aryl methyl sites for hydroxylation is 1. The van der Waals surface area contributed by atoms with E-state index in [0.717, 1.165) is 24.0 Å². The lowest BCUT2D eigenvalue weighted by molar-refractivity contribution is 0.765. The second-order valence-corrected chi connectivity index (χ2v) is 7.16. The van der Waals surface area contributed by atoms with Gasteiger partial charge in [-0.05, 0) is 48.7 Å². The summed E-state index contributed by atoms with van der Waals surface area (Å²) in [4.78, 5) is 4.75. The van der Waals surface area contributed by atoms with E-state index in [4.69, 9.17) is 4.99 Å². The molecule has 0 aliphatic rings. The minimum absolute atomic E-state index is 0.542. The first kappa shape index (κ1) is 19.6. The van der Waals surface area contributed by atoms with Crippen molar-refractivity contribution < 1.29 is 0 Å². The van der Waals surface area contributed by atoms with E-state index in [1.165, 1.54) is 22.3 Å². The van der Waals surface area contributed by atoms with Crippen LogP contribution in [0.25, 0.3) is 16.8 Å². The molecule has 0 atom stereocenters. The zero-order valence-electron chi connectivity index (χ0n) is 17.3. The van der Waals surface area contributed by atoms with Crippen LogP contribution in [-0.4, -0.2) is 27.1 Å². The van der Waals surface area contributed by atoms with E-state index in [1.54, 1.807) is 0 Å². The molecule has 0 aliphatic carbocycles. The predicted molar refractivity (Wildman–Crippen MR) is 121 cm³/mol. The Kier molecular flexibility index (Phi) is 6.03. The molecule has 2 N–H and O–H groups in total. The highest BCUT2D eigenvalue weighted by atomic mass is 15.3. The number of aliphatic imine (C=N–C) groups is 1. The molecule has 6 heteroatoms. The van der Waals surface area contributed by atoms with E-state index < -0.39 is 0 Å². The summed E-state index contributed by atoms with van der Waals surface area (Å²) in [6.45, 7) is 6.10. The number of fused-ring (bicyclic) bond motifs is 1. The standard InChI is InChI=1S/C24H26N6/c1-3-25-24(27-17-23-29-28-22-12-4-5-13-30(22)23)26-16-19-9-7-11-21(15-19)20-10-6-8-18(2)14-20/h4-15H,3,16-17H2,1-2H3,(H2,25,26,27). The summed E-state index contributed by atoms with van der Waals surface area (Å²) in [6, 6.07) is 23.0. The van der Waals surface area contributed by atoms with Crippen LogP contribution < -0.4 is 10.6 Å². The Hall–Kier alpha value is -3.67. The molecule has 2 aromatic carbocycles. The zero-order chi connectivity index (χ0) is 20.8. The van der Waals surface area contributed by atoms with Crippen molar-refractivity contribution in [3.8, 4) is 11.1 Å². The maximum Gasteiger partial charge on any atom is 0.191 e. The normalized spacial score (nSPS) is 11.6. The van der Waals surface area contributed by atoms with Crippen molar-refractivity contribution in [2.24, 2.45) is 4.99 Å². The summed E-state index contributed by atoms with van der Waals surface area (Å²) in [6.07, 6.45) is 1.97. The third-order valence-electron chi connectivity index (χ3n) is 4.84. The number of nitrogens with one attached hydrogen (secondary N) is 2. The molecule has 4 rings (SSSR count). The van der Waals surface area contributed by atoms with Gasteiger partial charge in [0.1, 0.15) is 0 Å². The third kappa shape index (κ3) is 4.66. The number of pyridine rings is 1. The van der Waals surface area contributed by atoms with Crippen molar-refractivity contribution >= 4 is 11.6 Å². The number of guanidine groups is 1. The van der Waals surface area contributed by atoms with E-state index in [-0.39, 0.29) is 0 Å². The Balaban J connectivity index is 1.47. The zero-order valence-corrected chi connectivity index (χ0v) is 17.3. The lowest BCUT2D eigenvalue weighted by atomic mass is 10.0. The van der Waals surface area contributed by atoms with E-state index in [0.29, 0.717) is 13.1 Å². The fourth-order valence-corrected chi connectivity index (χ4v) is 3.36. The topological polar surface area (TPSA) is 66.6 Å². The Morgan fingerprint density at radius 1 is 0.933 bits per heavy atom. The predicted octanol–water partition coefficient (Wildman–Crippen LogP) is 3.96. The maximum absolute atomic E-state index is 4.75. The molecule has 0 aliphatic heterocycles. The van der Waals surface area contributed by atoms with E-state index >= 15 is 0 Å². The van der Waals surface area contributed by atoms with Gasteiger partial charge in [0, 0.05) is 12.7 Å². The molecule has 0 amide bonds. The molecular formula is C24H26N6. The average molecular weight is 399 g/mol. The van der Waals surface area contributed by atoms with Crippen molar-refractivity contribution in [3.63, 3.8) is 0 Å². The molecule has 0 saturated heterocycles. The molecule has 2 heterocycles. The molecule has 0 spiro atoms. The minimum Gasteiger partial charge on any atom is -0.357 e. The average Bonchev–Trinajstić information content (AvgIpc) is 3.19. The summed E-state index contributed by atoms with van der Waals surface area (Å²) in [5.41, 5.74) is 5.70. The van der Waals surface area contributed by atoms with Crippen molar-refractivity contribution in [1.82, 2.24) is 25.2 Å². The minimum atomic E-state index is 0.542. The van der Waals surface area contributed by atoms with Gasteiger partial charge in [0.05, 0.1) is 13.1 Å². The van der Waals surface area contributed by atoms with Gasteiger partial charge in [-0.25, -0.2) is 4.99 Å². The highest BCUT2D eigenvalue weighted by molar-refractivity contribution is 5.79. The van der Waals surface area contributed by atoms with Crippen LogP contribution in [0.1, 0.15) is 23.9 Å². The lowest BCUT2D eigenvalue weighted by Gasteiger charge is -2.11. The molecule has 0 unspecified atom stereocenters. The van der Waals surface area contributed by atoms with Crippen LogP contribution in [0.3, 0.4) is 0 Å². The summed E-state index contributed by atoms with van der Waals surface area (Å²) in [5.74, 6) is 1.60. The van der Waals surface area contributed by atoms with Crippen molar-refractivity contribution in [1.29, 1.82) is 0 Å². The number of benzene rings is 2. The number of rotatable bonds is 6. The maximum atomic E-state index is 4.75. The molecule has 0 bridgehead atoms. The molecular weight excluding hydrogens is 372 g/mol. The van der Waals surface area contributed by atoms with Crippen LogP contribution >= 0.6 is 0 Å². The Labute approximate surface area is 176 Å². The molecule has 0 saturated carbocycles. The second kappa shape index (κ2) is 9.22. The Bertz CT molecular complexity index is 1160. The quantitative estimate of drug-likeness (QED) is 0.381. The monoisotopic (exact) mass is 398 g/mol. The first-order chi connectivity index (χ1) is 14.7. The van der Waals surface area contributed by atoms with Gasteiger partial charge in [0.15, 0.2) is 17.4 Å². The second-order valence-electron chi connectivity index (χ2n) is 7.16. The van der Waals surface area contributed by atoms with Gasteiger partial charge in [0.2, 0.25) is 0 Å². The first-order valence-corrected chi connectivity index (χ1v) is 10.2. The van der Waals surface area contributed by atoms with Gasteiger partial charge in [-0.3, -0.25) is 4.40 Å². The van der Waals surface area contributed by atoms with Crippen LogP contribution in [0.5, 0.6) is 0 Å². The van der Waals surface area contributed by atoms with Crippen LogP contribution in [0.15, 0.2) is 77.9 Å². The molecule has 4 aromatic rings. The number of aromatic nitrogens is 3. The van der Waals surface area contributed by atoms with Crippen LogP contribution in [0, 0.1) is 6.92 Å². The van der Waals surface area contributed by atoms with Gasteiger partial charge < -0.3 is 10.6 Å². The SMILES string of the molecule is CCNC(=NCc1cccc(-c2cccc(C)c2)c1)NCc1nnc2ccccn12. The van der Waals surface area contributed by atoms with Crippen LogP contribution in [-0.2, 0) is 13.1 Å². The van der Waals surface area contributed by atoms with Crippen molar-refractivity contribution in [2.75, 3.05) is 6.54 Å². The van der Waals surface area contributed by atoms with Crippen LogP contribution in [0.4, 0.5) is 0 Å². The third-order valence-corrected chi connectivity index (χ3v) is 4.84. The number of hydrogen-bond acceptors (Lipinski definition) is 3. The Morgan fingerprint density at radius 3 is 2.60 bits per heavy atom. The number of nitrogens with zero attached hydrogens (tertiary/aromatic N) is 4. The van der Waals surface area contributed by atoms with Crippen molar-refractivity contribution in [2.45, 2.75) is 26.9 Å². The summed E-state index contributed by atoms with van der Waals surface area (Å²) in [7, 11) is 0. The van der Waals surface area contributed by atoms with Gasteiger partial charge >= 0.3 is 0 Å².